The Morgan fingerprint density at radius 2 is 2.00 bits per heavy atom. The molecule has 0 bridgehead atoms. The smallest absolute Gasteiger partial charge is 0.319 e. The number of esters is 1. The molecule has 2 rings (SSSR count). The van der Waals surface area contributed by atoms with Crippen LogP contribution in [0.15, 0.2) is 42.1 Å². The molecule has 1 fully saturated rings. The molecule has 1 aliphatic rings. The molecule has 1 heterocycles. The average Bonchev–Trinajstić information content (AvgIpc) is 2.66. The van der Waals surface area contributed by atoms with E-state index < -0.39 is 11.9 Å². The first-order chi connectivity index (χ1) is 9.02. The summed E-state index contributed by atoms with van der Waals surface area (Å²) in [6.45, 7) is 5.67. The molecule has 0 aromatic heterocycles. The van der Waals surface area contributed by atoms with Crippen molar-refractivity contribution in [3.63, 3.8) is 0 Å². The monoisotopic (exact) mass is 257 g/mol. The zero-order valence-corrected chi connectivity index (χ0v) is 10.9. The van der Waals surface area contributed by atoms with E-state index in [0.29, 0.717) is 11.3 Å². The summed E-state index contributed by atoms with van der Waals surface area (Å²) in [6.07, 6.45) is 1.69. The second-order valence-corrected chi connectivity index (χ2v) is 4.45. The van der Waals surface area contributed by atoms with Crippen LogP contribution in [0.2, 0.25) is 0 Å². The summed E-state index contributed by atoms with van der Waals surface area (Å²) >= 11 is 0. The summed E-state index contributed by atoms with van der Waals surface area (Å²) in [6, 6.07) is 7.68. The Hall–Kier alpha value is -2.36. The summed E-state index contributed by atoms with van der Waals surface area (Å²) in [5.41, 5.74) is 2.71. The highest BCUT2D eigenvalue weighted by Gasteiger charge is 2.37. The number of nitrogens with one attached hydrogen (secondary N) is 1. The van der Waals surface area contributed by atoms with E-state index in [9.17, 15) is 9.59 Å². The lowest BCUT2D eigenvalue weighted by Gasteiger charge is -2.08. The molecule has 1 atom stereocenters. The summed E-state index contributed by atoms with van der Waals surface area (Å²) in [5, 5.41) is 2.56. The van der Waals surface area contributed by atoms with Crippen molar-refractivity contribution in [2.75, 3.05) is 7.11 Å². The summed E-state index contributed by atoms with van der Waals surface area (Å²) in [4.78, 5) is 23.5. The van der Waals surface area contributed by atoms with Crippen LogP contribution in [-0.2, 0) is 14.3 Å². The molecule has 0 radical (unpaired) electrons. The van der Waals surface area contributed by atoms with E-state index in [2.05, 4.69) is 11.9 Å². The van der Waals surface area contributed by atoms with E-state index in [1.807, 2.05) is 31.2 Å². The fourth-order valence-corrected chi connectivity index (χ4v) is 1.99. The number of methoxy groups -OCH3 is 1. The lowest BCUT2D eigenvalue weighted by molar-refractivity contribution is -0.142. The van der Waals surface area contributed by atoms with Crippen LogP contribution in [0.25, 0.3) is 6.08 Å². The number of amides is 1. The largest absolute Gasteiger partial charge is 0.468 e. The second-order valence-electron chi connectivity index (χ2n) is 4.45. The van der Waals surface area contributed by atoms with Gasteiger partial charge in [-0.25, -0.2) is 0 Å². The zero-order valence-electron chi connectivity index (χ0n) is 10.9. The minimum absolute atomic E-state index is 0.305. The van der Waals surface area contributed by atoms with Crippen LogP contribution >= 0.6 is 0 Å². The van der Waals surface area contributed by atoms with Gasteiger partial charge in [0.2, 0.25) is 0 Å². The van der Waals surface area contributed by atoms with Crippen LogP contribution in [0, 0.1) is 12.8 Å². The maximum atomic E-state index is 11.8. The van der Waals surface area contributed by atoms with E-state index in [1.165, 1.54) is 7.11 Å². The van der Waals surface area contributed by atoms with Crippen molar-refractivity contribution >= 4 is 18.0 Å². The van der Waals surface area contributed by atoms with Crippen molar-refractivity contribution in [3.8, 4) is 0 Å². The first kappa shape index (κ1) is 13.1. The van der Waals surface area contributed by atoms with Gasteiger partial charge in [0.15, 0.2) is 0 Å². The Morgan fingerprint density at radius 3 is 2.58 bits per heavy atom. The highest BCUT2D eigenvalue weighted by molar-refractivity contribution is 6.08. The molecular weight excluding hydrogens is 242 g/mol. The third kappa shape index (κ3) is 2.57. The number of ether oxygens (including phenoxy) is 1. The minimum Gasteiger partial charge on any atom is -0.468 e. The van der Waals surface area contributed by atoms with Crippen molar-refractivity contribution in [1.29, 1.82) is 0 Å². The van der Waals surface area contributed by atoms with Crippen LogP contribution < -0.4 is 5.32 Å². The van der Waals surface area contributed by atoms with Gasteiger partial charge >= 0.3 is 5.97 Å². The Morgan fingerprint density at radius 1 is 1.37 bits per heavy atom. The Labute approximate surface area is 111 Å². The van der Waals surface area contributed by atoms with Gasteiger partial charge in [0, 0.05) is 11.3 Å². The standard InChI is InChI=1S/C15H15NO3/c1-9-4-6-11(7-5-9)8-12-13(15(18)19-3)10(2)16-14(12)17/h4-8,13H,2H2,1,3H3,(H,16,17)/b12-8+/t13-/m1/s1. The maximum absolute atomic E-state index is 11.8. The molecule has 0 unspecified atom stereocenters. The van der Waals surface area contributed by atoms with Gasteiger partial charge in [0.05, 0.1) is 7.11 Å². The van der Waals surface area contributed by atoms with E-state index in [0.717, 1.165) is 11.1 Å². The van der Waals surface area contributed by atoms with Gasteiger partial charge in [-0.1, -0.05) is 36.4 Å². The van der Waals surface area contributed by atoms with Gasteiger partial charge in [0.1, 0.15) is 5.92 Å². The fraction of sp³-hybridized carbons (Fsp3) is 0.200. The first-order valence-corrected chi connectivity index (χ1v) is 5.89. The number of carbonyl (C=O) groups excluding carboxylic acids is 2. The molecule has 0 aliphatic carbocycles. The van der Waals surface area contributed by atoms with Crippen LogP contribution in [0.1, 0.15) is 11.1 Å². The van der Waals surface area contributed by atoms with Crippen LogP contribution in [0.5, 0.6) is 0 Å². The second kappa shape index (κ2) is 5.10. The summed E-state index contributed by atoms with van der Waals surface area (Å²) in [7, 11) is 1.29. The molecule has 1 aliphatic heterocycles. The minimum atomic E-state index is -0.737. The molecule has 1 saturated heterocycles. The number of benzene rings is 1. The molecule has 0 saturated carbocycles. The van der Waals surface area contributed by atoms with E-state index in [1.54, 1.807) is 6.08 Å². The molecule has 19 heavy (non-hydrogen) atoms. The lowest BCUT2D eigenvalue weighted by Crippen LogP contribution is -2.17. The molecule has 1 amide bonds. The van der Waals surface area contributed by atoms with Gasteiger partial charge < -0.3 is 10.1 Å². The molecule has 0 spiro atoms. The van der Waals surface area contributed by atoms with Crippen LogP contribution in [0.4, 0.5) is 0 Å². The van der Waals surface area contributed by atoms with Gasteiger partial charge in [-0.3, -0.25) is 9.59 Å². The topological polar surface area (TPSA) is 55.4 Å². The average molecular weight is 257 g/mol. The van der Waals surface area contributed by atoms with Gasteiger partial charge in [-0.05, 0) is 18.6 Å². The zero-order chi connectivity index (χ0) is 14.0. The molecule has 4 heteroatoms. The van der Waals surface area contributed by atoms with E-state index >= 15 is 0 Å². The van der Waals surface area contributed by atoms with Crippen LogP contribution in [0.3, 0.4) is 0 Å². The fourth-order valence-electron chi connectivity index (χ4n) is 1.99. The quantitative estimate of drug-likeness (QED) is 0.649. The number of rotatable bonds is 2. The van der Waals surface area contributed by atoms with Crippen molar-refractivity contribution in [3.05, 3.63) is 53.2 Å². The third-order valence-corrected chi connectivity index (χ3v) is 3.03. The van der Waals surface area contributed by atoms with Crippen LogP contribution in [-0.4, -0.2) is 19.0 Å². The van der Waals surface area contributed by atoms with Gasteiger partial charge in [-0.2, -0.15) is 0 Å². The Bertz CT molecular complexity index is 570. The molecule has 1 N–H and O–H groups in total. The number of hydrogen-bond acceptors (Lipinski definition) is 3. The van der Waals surface area contributed by atoms with E-state index in [-0.39, 0.29) is 5.91 Å². The number of aryl methyl sites for hydroxylation is 1. The molecule has 1 aromatic rings. The number of carbonyl (C=O) groups is 2. The molecule has 98 valence electrons. The van der Waals surface area contributed by atoms with E-state index in [4.69, 9.17) is 4.74 Å². The van der Waals surface area contributed by atoms with Crippen molar-refractivity contribution in [1.82, 2.24) is 5.32 Å². The SMILES string of the molecule is C=C1NC(=O)/C(=C/c2ccc(C)cc2)[C@@H]1C(=O)OC. The predicted molar refractivity (Wildman–Crippen MR) is 71.9 cm³/mol. The molecule has 4 nitrogen and oxygen atoms in total. The lowest BCUT2D eigenvalue weighted by atomic mass is 9.97. The summed E-state index contributed by atoms with van der Waals surface area (Å²) < 4.78 is 4.71. The van der Waals surface area contributed by atoms with Crippen molar-refractivity contribution in [2.45, 2.75) is 6.92 Å². The Balaban J connectivity index is 2.39. The summed E-state index contributed by atoms with van der Waals surface area (Å²) in [5.74, 6) is -1.53. The third-order valence-electron chi connectivity index (χ3n) is 3.03. The van der Waals surface area contributed by atoms with Crippen molar-refractivity contribution < 1.29 is 14.3 Å². The van der Waals surface area contributed by atoms with Crippen molar-refractivity contribution in [2.24, 2.45) is 5.92 Å². The first-order valence-electron chi connectivity index (χ1n) is 5.89. The highest BCUT2D eigenvalue weighted by Crippen LogP contribution is 2.28. The van der Waals surface area contributed by atoms with Gasteiger partial charge in [-0.15, -0.1) is 0 Å². The predicted octanol–water partition coefficient (Wildman–Crippen LogP) is 1.81. The number of hydrogen-bond donors (Lipinski definition) is 1. The molecular formula is C15H15NO3. The molecule has 1 aromatic carbocycles. The normalized spacial score (nSPS) is 20.5. The highest BCUT2D eigenvalue weighted by atomic mass is 16.5. The Kier molecular flexibility index (Phi) is 3.51. The van der Waals surface area contributed by atoms with Gasteiger partial charge in [0.25, 0.3) is 5.91 Å². The maximum Gasteiger partial charge on any atom is 0.319 e.